The maximum atomic E-state index is 10.7. The van der Waals surface area contributed by atoms with E-state index in [1.807, 2.05) is 0 Å². The van der Waals surface area contributed by atoms with Gasteiger partial charge in [0, 0.05) is 12.8 Å². The number of hydrazine groups is 1. The largest absolute Gasteiger partial charge is 0.246 e. The summed E-state index contributed by atoms with van der Waals surface area (Å²) in [4.78, 5) is 0. The standard InChI is InChI=1S/C5H14N2OS/c1-4-5-7(6-2)9(3)8/h6H,4-5H2,1-3H3. The van der Waals surface area contributed by atoms with Crippen LogP contribution in [0.1, 0.15) is 13.3 Å². The maximum absolute atomic E-state index is 10.7. The molecule has 4 heteroatoms. The van der Waals surface area contributed by atoms with Crippen LogP contribution >= 0.6 is 0 Å². The molecule has 0 fully saturated rings. The van der Waals surface area contributed by atoms with E-state index in [0.29, 0.717) is 0 Å². The van der Waals surface area contributed by atoms with Crippen LogP contribution in [0.2, 0.25) is 0 Å². The molecule has 0 saturated carbocycles. The first kappa shape index (κ1) is 9.07. The number of nitrogens with zero attached hydrogens (tertiary/aromatic N) is 1. The summed E-state index contributed by atoms with van der Waals surface area (Å²) in [6.45, 7) is 2.89. The normalized spacial score (nSPS) is 14.2. The molecule has 1 N–H and O–H groups in total. The van der Waals surface area contributed by atoms with Crippen molar-refractivity contribution in [3.63, 3.8) is 0 Å². The zero-order valence-corrected chi connectivity index (χ0v) is 6.99. The molecule has 0 saturated heterocycles. The Morgan fingerprint density at radius 2 is 2.22 bits per heavy atom. The van der Waals surface area contributed by atoms with Crippen molar-refractivity contribution in [3.8, 4) is 0 Å². The van der Waals surface area contributed by atoms with Gasteiger partial charge in [-0.15, -0.1) is 0 Å². The van der Waals surface area contributed by atoms with Gasteiger partial charge in [0.2, 0.25) is 0 Å². The molecular formula is C5H14N2OS. The van der Waals surface area contributed by atoms with Gasteiger partial charge in [0.15, 0.2) is 0 Å². The van der Waals surface area contributed by atoms with Crippen LogP contribution in [0.15, 0.2) is 0 Å². The molecule has 0 radical (unpaired) electrons. The van der Waals surface area contributed by atoms with Gasteiger partial charge in [-0.1, -0.05) is 6.92 Å². The molecule has 0 aromatic rings. The topological polar surface area (TPSA) is 32.3 Å². The van der Waals surface area contributed by atoms with Gasteiger partial charge in [-0.3, -0.25) is 0 Å². The number of hydrogen-bond donors (Lipinski definition) is 1. The van der Waals surface area contributed by atoms with Crippen molar-refractivity contribution in [3.05, 3.63) is 0 Å². The summed E-state index contributed by atoms with van der Waals surface area (Å²) in [6, 6.07) is 0. The predicted octanol–water partition coefficient (Wildman–Crippen LogP) is 0.126. The van der Waals surface area contributed by atoms with Crippen molar-refractivity contribution in [1.82, 2.24) is 9.84 Å². The predicted molar refractivity (Wildman–Crippen MR) is 40.1 cm³/mol. The van der Waals surface area contributed by atoms with Crippen LogP contribution in [0.25, 0.3) is 0 Å². The minimum atomic E-state index is -0.881. The fourth-order valence-electron chi connectivity index (χ4n) is 0.572. The van der Waals surface area contributed by atoms with E-state index in [0.717, 1.165) is 13.0 Å². The summed E-state index contributed by atoms with van der Waals surface area (Å²) < 4.78 is 12.4. The third kappa shape index (κ3) is 3.61. The molecule has 0 aromatic heterocycles. The Labute approximate surface area is 59.0 Å². The average molecular weight is 150 g/mol. The van der Waals surface area contributed by atoms with Crippen LogP contribution in [0.4, 0.5) is 0 Å². The summed E-state index contributed by atoms with van der Waals surface area (Å²) >= 11 is 0. The number of hydrogen-bond acceptors (Lipinski definition) is 2. The highest BCUT2D eigenvalue weighted by molar-refractivity contribution is 7.81. The molecule has 0 aliphatic rings. The van der Waals surface area contributed by atoms with E-state index in [-0.39, 0.29) is 0 Å². The van der Waals surface area contributed by atoms with Crippen molar-refractivity contribution in [1.29, 1.82) is 0 Å². The lowest BCUT2D eigenvalue weighted by Gasteiger charge is -2.15. The van der Waals surface area contributed by atoms with Gasteiger partial charge in [-0.2, -0.15) is 4.41 Å². The SMILES string of the molecule is CCCN(NC)S(C)=O. The lowest BCUT2D eigenvalue weighted by atomic mass is 10.5. The fraction of sp³-hybridized carbons (Fsp3) is 1.00. The highest BCUT2D eigenvalue weighted by Crippen LogP contribution is 1.87. The van der Waals surface area contributed by atoms with E-state index < -0.39 is 11.0 Å². The summed E-state index contributed by atoms with van der Waals surface area (Å²) in [5, 5.41) is 0. The molecule has 0 aromatic carbocycles. The minimum Gasteiger partial charge on any atom is -0.246 e. The molecule has 56 valence electrons. The van der Waals surface area contributed by atoms with Crippen molar-refractivity contribution >= 4 is 11.0 Å². The van der Waals surface area contributed by atoms with E-state index in [4.69, 9.17) is 0 Å². The van der Waals surface area contributed by atoms with Crippen LogP contribution in [-0.4, -0.2) is 28.5 Å². The molecule has 0 spiro atoms. The maximum Gasteiger partial charge on any atom is 0.105 e. The van der Waals surface area contributed by atoms with Crippen LogP contribution in [0, 0.1) is 0 Å². The van der Waals surface area contributed by atoms with Crippen molar-refractivity contribution in [2.75, 3.05) is 19.8 Å². The first-order valence-corrected chi connectivity index (χ1v) is 4.52. The van der Waals surface area contributed by atoms with Gasteiger partial charge in [-0.05, 0) is 13.5 Å². The summed E-state index contributed by atoms with van der Waals surface area (Å²) in [6.07, 6.45) is 2.67. The molecule has 0 heterocycles. The van der Waals surface area contributed by atoms with Crippen molar-refractivity contribution in [2.45, 2.75) is 13.3 Å². The molecule has 9 heavy (non-hydrogen) atoms. The zero-order valence-electron chi connectivity index (χ0n) is 6.18. The highest BCUT2D eigenvalue weighted by atomic mass is 32.2. The Morgan fingerprint density at radius 1 is 1.67 bits per heavy atom. The Hall–Kier alpha value is 0.0700. The smallest absolute Gasteiger partial charge is 0.105 e. The van der Waals surface area contributed by atoms with Crippen LogP contribution in [-0.2, 0) is 11.0 Å². The number of nitrogens with one attached hydrogen (secondary N) is 1. The second-order valence-electron chi connectivity index (χ2n) is 1.75. The molecule has 0 rings (SSSR count). The molecule has 1 atom stereocenters. The molecule has 1 unspecified atom stereocenters. The van der Waals surface area contributed by atoms with Gasteiger partial charge in [0.25, 0.3) is 0 Å². The minimum absolute atomic E-state index is 0.833. The summed E-state index contributed by atoms with van der Waals surface area (Å²) in [7, 11) is 0.894. The monoisotopic (exact) mass is 150 g/mol. The zero-order chi connectivity index (χ0) is 7.28. The molecule has 0 amide bonds. The van der Waals surface area contributed by atoms with E-state index >= 15 is 0 Å². The Bertz CT molecular complexity index is 97.0. The first-order chi connectivity index (χ1) is 4.22. The third-order valence-corrected chi connectivity index (χ3v) is 1.97. The highest BCUT2D eigenvalue weighted by Gasteiger charge is 2.01. The number of rotatable bonds is 4. The lowest BCUT2D eigenvalue weighted by Crippen LogP contribution is -2.36. The quantitative estimate of drug-likeness (QED) is 0.578. The molecule has 0 bridgehead atoms. The molecular weight excluding hydrogens is 136 g/mol. The van der Waals surface area contributed by atoms with Crippen LogP contribution in [0.3, 0.4) is 0 Å². The Balaban J connectivity index is 3.54. The summed E-state index contributed by atoms with van der Waals surface area (Å²) in [5.74, 6) is 0. The van der Waals surface area contributed by atoms with E-state index in [1.165, 1.54) is 0 Å². The van der Waals surface area contributed by atoms with E-state index in [9.17, 15) is 4.21 Å². The molecule has 0 aliphatic carbocycles. The third-order valence-electron chi connectivity index (χ3n) is 0.986. The van der Waals surface area contributed by atoms with Gasteiger partial charge >= 0.3 is 0 Å². The first-order valence-electron chi connectivity index (χ1n) is 3.00. The van der Waals surface area contributed by atoms with Crippen molar-refractivity contribution < 1.29 is 4.21 Å². The summed E-state index contributed by atoms with van der Waals surface area (Å²) in [5.41, 5.74) is 2.84. The second-order valence-corrected chi connectivity index (χ2v) is 3.04. The fourth-order valence-corrected chi connectivity index (χ4v) is 1.27. The van der Waals surface area contributed by atoms with Crippen molar-refractivity contribution in [2.24, 2.45) is 0 Å². The Kier molecular flexibility index (Phi) is 4.94. The van der Waals surface area contributed by atoms with E-state index in [1.54, 1.807) is 17.7 Å². The van der Waals surface area contributed by atoms with Gasteiger partial charge in [-0.25, -0.2) is 9.63 Å². The van der Waals surface area contributed by atoms with Crippen LogP contribution < -0.4 is 5.43 Å². The average Bonchev–Trinajstić information content (AvgIpc) is 1.82. The van der Waals surface area contributed by atoms with Gasteiger partial charge in [0.1, 0.15) is 11.0 Å². The molecule has 0 aliphatic heterocycles. The second kappa shape index (κ2) is 4.90. The van der Waals surface area contributed by atoms with E-state index in [2.05, 4.69) is 12.3 Å². The van der Waals surface area contributed by atoms with Gasteiger partial charge < -0.3 is 0 Å². The lowest BCUT2D eigenvalue weighted by molar-refractivity contribution is 0.370. The molecule has 3 nitrogen and oxygen atoms in total. The Morgan fingerprint density at radius 3 is 2.33 bits per heavy atom. The van der Waals surface area contributed by atoms with Crippen LogP contribution in [0.5, 0.6) is 0 Å². The van der Waals surface area contributed by atoms with Gasteiger partial charge in [0.05, 0.1) is 0 Å².